The van der Waals surface area contributed by atoms with Crippen LogP contribution in [0.15, 0.2) is 78.4 Å². The normalized spacial score (nSPS) is 19.5. The first-order valence-corrected chi connectivity index (χ1v) is 17.1. The van der Waals surface area contributed by atoms with Crippen LogP contribution in [0.2, 0.25) is 0 Å². The highest BCUT2D eigenvalue weighted by molar-refractivity contribution is 7.86. The third kappa shape index (κ3) is 7.65. The molecule has 0 radical (unpaired) electrons. The second kappa shape index (κ2) is 13.5. The number of anilines is 1. The molecule has 2 unspecified atom stereocenters. The van der Waals surface area contributed by atoms with E-state index in [-0.39, 0.29) is 23.6 Å². The van der Waals surface area contributed by atoms with Crippen molar-refractivity contribution in [3.63, 3.8) is 0 Å². The zero-order valence-electron chi connectivity index (χ0n) is 24.4. The minimum atomic E-state index is -4.09. The molecule has 0 spiro atoms. The fourth-order valence-electron chi connectivity index (χ4n) is 4.83. The van der Waals surface area contributed by atoms with Gasteiger partial charge in [-0.1, -0.05) is 53.6 Å². The number of amides is 1. The quantitative estimate of drug-likeness (QED) is 0.0935. The number of hydrogen-bond acceptors (Lipinski definition) is 13. The predicted molar refractivity (Wildman–Crippen MR) is 162 cm³/mol. The number of ether oxygens (including phenoxy) is 2. The molecule has 46 heavy (non-hydrogen) atoms. The molecular formula is C27H28N8O9S2. The lowest BCUT2D eigenvalue weighted by Crippen LogP contribution is -2.52. The van der Waals surface area contributed by atoms with Crippen molar-refractivity contribution in [1.82, 2.24) is 19.5 Å². The number of azide groups is 1. The topological polar surface area (TPSA) is 227 Å². The number of nitrogens with one attached hydrogen (secondary N) is 1. The monoisotopic (exact) mass is 672 g/mol. The molecule has 1 aliphatic rings. The smallest absolute Gasteiger partial charge is 0.264 e. The maximum absolute atomic E-state index is 12.9. The molecule has 0 aliphatic carbocycles. The number of aromatic nitrogens is 4. The molecule has 242 valence electrons. The van der Waals surface area contributed by atoms with Crippen LogP contribution in [0.25, 0.3) is 21.6 Å². The zero-order chi connectivity index (χ0) is 33.0. The first kappa shape index (κ1) is 32.9. The Morgan fingerprint density at radius 1 is 1.00 bits per heavy atom. The lowest BCUT2D eigenvalue weighted by atomic mass is 9.95. The predicted octanol–water partition coefficient (Wildman–Crippen LogP) is 2.56. The number of carbonyl (C=O) groups is 1. The van der Waals surface area contributed by atoms with Crippen molar-refractivity contribution >= 4 is 43.1 Å². The minimum absolute atomic E-state index is 0.0684. The molecule has 1 N–H and O–H groups in total. The summed E-state index contributed by atoms with van der Waals surface area (Å²) in [6.07, 6.45) is 1.45. The van der Waals surface area contributed by atoms with E-state index in [2.05, 4.69) is 30.3 Å². The second-order valence-electron chi connectivity index (χ2n) is 10.3. The van der Waals surface area contributed by atoms with Crippen molar-refractivity contribution in [2.24, 2.45) is 5.11 Å². The van der Waals surface area contributed by atoms with Crippen molar-refractivity contribution in [3.05, 3.63) is 94.9 Å². The number of carbonyl (C=O) groups excluding carboxylic acids is 1. The van der Waals surface area contributed by atoms with E-state index in [1.54, 1.807) is 60.7 Å². The Morgan fingerprint density at radius 2 is 1.63 bits per heavy atom. The molecule has 3 atom stereocenters. The average Bonchev–Trinajstić information content (AvgIpc) is 3.58. The number of nitrogens with zero attached hydrogens (tertiary/aromatic N) is 7. The third-order valence-corrected chi connectivity index (χ3v) is 7.96. The van der Waals surface area contributed by atoms with Gasteiger partial charge in [0.05, 0.1) is 25.4 Å². The van der Waals surface area contributed by atoms with Crippen LogP contribution in [0.1, 0.15) is 22.1 Å². The molecule has 1 amide bonds. The van der Waals surface area contributed by atoms with Gasteiger partial charge in [0.25, 0.3) is 26.1 Å². The average molecular weight is 673 g/mol. The van der Waals surface area contributed by atoms with Crippen molar-refractivity contribution in [3.8, 4) is 0 Å². The summed E-state index contributed by atoms with van der Waals surface area (Å²) in [5, 5.41) is 6.61. The third-order valence-electron chi connectivity index (χ3n) is 6.87. The van der Waals surface area contributed by atoms with Gasteiger partial charge in [-0.25, -0.2) is 15.0 Å². The summed E-state index contributed by atoms with van der Waals surface area (Å²) in [5.74, 6) is -0.386. The molecule has 17 nitrogen and oxygen atoms in total. The zero-order valence-corrected chi connectivity index (χ0v) is 26.0. The fraction of sp³-hybridized carbons (Fsp3) is 0.333. The van der Waals surface area contributed by atoms with Crippen LogP contribution in [0.3, 0.4) is 0 Å². The Labute approximate surface area is 263 Å². The molecule has 19 heteroatoms. The van der Waals surface area contributed by atoms with E-state index < -0.39 is 63.3 Å². The maximum atomic E-state index is 12.9. The van der Waals surface area contributed by atoms with Crippen LogP contribution in [0.4, 0.5) is 5.82 Å². The molecule has 0 saturated carbocycles. The molecule has 1 aliphatic heterocycles. The van der Waals surface area contributed by atoms with Gasteiger partial charge in [-0.05, 0) is 23.2 Å². The SMILES string of the molecule is CS(=O)(=O)OCC1(COS(C)(=O)=O)OC(n2cnc3c(NC(=O)c4ccccc4)ncnc32)C(N=[N+]=[N-])[C@@H]1OCc1ccccc1. The molecule has 1 saturated heterocycles. The Morgan fingerprint density at radius 3 is 2.24 bits per heavy atom. The molecular weight excluding hydrogens is 644 g/mol. The number of hydrogen-bond donors (Lipinski definition) is 1. The fourth-order valence-corrected chi connectivity index (χ4v) is 5.66. The van der Waals surface area contributed by atoms with E-state index >= 15 is 0 Å². The lowest BCUT2D eigenvalue weighted by molar-refractivity contribution is -0.152. The highest BCUT2D eigenvalue weighted by Crippen LogP contribution is 2.43. The highest BCUT2D eigenvalue weighted by atomic mass is 32.2. The minimum Gasteiger partial charge on any atom is -0.370 e. The second-order valence-corrected chi connectivity index (χ2v) is 13.6. The summed E-state index contributed by atoms with van der Waals surface area (Å²) < 4.78 is 72.6. The molecule has 5 rings (SSSR count). The Kier molecular flexibility index (Phi) is 9.63. The van der Waals surface area contributed by atoms with Crippen LogP contribution in [-0.2, 0) is 44.7 Å². The highest BCUT2D eigenvalue weighted by Gasteiger charge is 2.58. The summed E-state index contributed by atoms with van der Waals surface area (Å²) in [5.41, 5.74) is 8.98. The first-order chi connectivity index (χ1) is 21.9. The molecule has 3 heterocycles. The van der Waals surface area contributed by atoms with Crippen LogP contribution >= 0.6 is 0 Å². The van der Waals surface area contributed by atoms with E-state index in [9.17, 15) is 27.2 Å². The molecule has 1 fully saturated rings. The summed E-state index contributed by atoms with van der Waals surface area (Å²) >= 11 is 0. The van der Waals surface area contributed by atoms with E-state index in [0.29, 0.717) is 11.1 Å². The number of fused-ring (bicyclic) bond motifs is 1. The molecule has 2 aromatic carbocycles. The van der Waals surface area contributed by atoms with Crippen molar-refractivity contribution in [2.75, 3.05) is 31.0 Å². The number of imidazole rings is 1. The summed E-state index contributed by atoms with van der Waals surface area (Å²) in [4.78, 5) is 28.6. The summed E-state index contributed by atoms with van der Waals surface area (Å²) in [6, 6.07) is 16.0. The van der Waals surface area contributed by atoms with Crippen LogP contribution < -0.4 is 5.32 Å². The van der Waals surface area contributed by atoms with Crippen molar-refractivity contribution < 1.29 is 39.5 Å². The number of benzene rings is 2. The van der Waals surface area contributed by atoms with Gasteiger partial charge in [0.2, 0.25) is 0 Å². The van der Waals surface area contributed by atoms with Gasteiger partial charge in [0.15, 0.2) is 17.0 Å². The first-order valence-electron chi connectivity index (χ1n) is 13.5. The van der Waals surface area contributed by atoms with E-state index in [1.165, 1.54) is 17.2 Å². The Hall–Kier alpha value is -4.49. The summed E-state index contributed by atoms with van der Waals surface area (Å²) in [7, 11) is -8.19. The van der Waals surface area contributed by atoms with Crippen LogP contribution in [0.5, 0.6) is 0 Å². The Balaban J connectivity index is 1.58. The molecule has 4 aromatic rings. The van der Waals surface area contributed by atoms with Crippen molar-refractivity contribution in [2.45, 2.75) is 30.6 Å². The van der Waals surface area contributed by atoms with Gasteiger partial charge >= 0.3 is 0 Å². The number of rotatable bonds is 13. The van der Waals surface area contributed by atoms with E-state index in [1.807, 2.05) is 0 Å². The van der Waals surface area contributed by atoms with Gasteiger partial charge in [-0.3, -0.25) is 17.7 Å². The maximum Gasteiger partial charge on any atom is 0.264 e. The van der Waals surface area contributed by atoms with Gasteiger partial charge in [0, 0.05) is 10.5 Å². The standard InChI is InChI=1S/C27H28N8O9S2/c1-45(37,38)42-14-27(15-43-46(2,39)40)22(41-13-18-9-5-3-6-10-18)20(33-34-28)26(44-27)35-17-31-21-23(29-16-30-24(21)35)32-25(36)19-11-7-4-8-12-19/h3-12,16-17,20,22,26H,13-15H2,1-2H3,(H,29,30,32,36)/t20?,22-,26?/m0/s1. The molecule has 2 aromatic heterocycles. The summed E-state index contributed by atoms with van der Waals surface area (Å²) in [6.45, 7) is -1.61. The lowest BCUT2D eigenvalue weighted by Gasteiger charge is -2.33. The van der Waals surface area contributed by atoms with Crippen LogP contribution in [0, 0.1) is 0 Å². The van der Waals surface area contributed by atoms with Gasteiger partial charge < -0.3 is 14.8 Å². The Bertz CT molecular complexity index is 1930. The van der Waals surface area contributed by atoms with Gasteiger partial charge in [-0.15, -0.1) is 0 Å². The van der Waals surface area contributed by atoms with Crippen molar-refractivity contribution in [1.29, 1.82) is 0 Å². The largest absolute Gasteiger partial charge is 0.370 e. The van der Waals surface area contributed by atoms with Crippen LogP contribution in [-0.4, -0.2) is 85.7 Å². The van der Waals surface area contributed by atoms with E-state index in [4.69, 9.17) is 17.8 Å². The van der Waals surface area contributed by atoms with E-state index in [0.717, 1.165) is 12.5 Å². The molecule has 0 bridgehead atoms. The van der Waals surface area contributed by atoms with Gasteiger partial charge in [0.1, 0.15) is 43.5 Å². The van der Waals surface area contributed by atoms with Gasteiger partial charge in [-0.2, -0.15) is 16.8 Å².